The average molecular weight is 479 g/mol. The molecule has 7 nitrogen and oxygen atoms in total. The minimum atomic E-state index is -0.299. The van der Waals surface area contributed by atoms with E-state index in [0.717, 1.165) is 16.5 Å². The van der Waals surface area contributed by atoms with E-state index < -0.39 is 0 Å². The lowest BCUT2D eigenvalue weighted by Gasteiger charge is -2.37. The van der Waals surface area contributed by atoms with E-state index in [1.807, 2.05) is 59.5 Å². The summed E-state index contributed by atoms with van der Waals surface area (Å²) in [6, 6.07) is 26.7. The van der Waals surface area contributed by atoms with Gasteiger partial charge in [-0.2, -0.15) is 5.26 Å². The third-order valence-electron chi connectivity index (χ3n) is 6.66. The molecule has 1 fully saturated rings. The highest BCUT2D eigenvalue weighted by molar-refractivity contribution is 5.96. The highest BCUT2D eigenvalue weighted by Gasteiger charge is 2.27. The van der Waals surface area contributed by atoms with E-state index in [4.69, 9.17) is 4.74 Å². The van der Waals surface area contributed by atoms with Crippen molar-refractivity contribution in [2.45, 2.75) is 6.54 Å². The van der Waals surface area contributed by atoms with Crippen LogP contribution in [0.4, 0.5) is 5.69 Å². The first-order valence-electron chi connectivity index (χ1n) is 11.9. The number of pyridine rings is 1. The Kier molecular flexibility index (Phi) is 6.42. The molecule has 0 N–H and O–H groups in total. The van der Waals surface area contributed by atoms with Crippen LogP contribution in [0.25, 0.3) is 10.9 Å². The number of rotatable bonds is 5. The van der Waals surface area contributed by atoms with Crippen LogP contribution in [-0.4, -0.2) is 48.7 Å². The molecule has 0 unspecified atom stereocenters. The van der Waals surface area contributed by atoms with Gasteiger partial charge in [-0.25, -0.2) is 0 Å². The molecule has 0 aliphatic carbocycles. The lowest BCUT2D eigenvalue weighted by Crippen LogP contribution is -2.49. The molecule has 4 aromatic rings. The molecule has 1 amide bonds. The molecule has 180 valence electrons. The smallest absolute Gasteiger partial charge is 0.271 e. The average Bonchev–Trinajstić information content (AvgIpc) is 2.94. The van der Waals surface area contributed by atoms with E-state index in [1.54, 1.807) is 35.9 Å². The highest BCUT2D eigenvalue weighted by Crippen LogP contribution is 2.30. The number of nitrogens with zero attached hydrogens (tertiary/aromatic N) is 4. The fourth-order valence-electron chi connectivity index (χ4n) is 4.79. The number of fused-ring (bicyclic) bond motifs is 1. The van der Waals surface area contributed by atoms with Gasteiger partial charge >= 0.3 is 0 Å². The summed E-state index contributed by atoms with van der Waals surface area (Å²) in [5.41, 5.74) is 2.88. The predicted molar refractivity (Wildman–Crippen MR) is 140 cm³/mol. The summed E-state index contributed by atoms with van der Waals surface area (Å²) in [5.74, 6) is 0.662. The molecule has 0 bridgehead atoms. The van der Waals surface area contributed by atoms with Gasteiger partial charge in [-0.1, -0.05) is 48.5 Å². The quantitative estimate of drug-likeness (QED) is 0.435. The minimum Gasteiger partial charge on any atom is -0.497 e. The maximum atomic E-state index is 13.5. The molecule has 5 rings (SSSR count). The number of ether oxygens (including phenoxy) is 1. The maximum absolute atomic E-state index is 13.5. The van der Waals surface area contributed by atoms with Crippen molar-refractivity contribution in [3.05, 3.63) is 106 Å². The number of piperazine rings is 1. The van der Waals surface area contributed by atoms with Crippen LogP contribution in [0, 0.1) is 11.3 Å². The summed E-state index contributed by atoms with van der Waals surface area (Å²) in [6.45, 7) is 2.44. The van der Waals surface area contributed by atoms with Crippen LogP contribution in [0.1, 0.15) is 21.5 Å². The van der Waals surface area contributed by atoms with Crippen molar-refractivity contribution >= 4 is 22.5 Å². The number of methoxy groups -OCH3 is 1. The molecule has 1 aliphatic rings. The van der Waals surface area contributed by atoms with E-state index in [9.17, 15) is 14.9 Å². The molecule has 7 heteroatoms. The molecule has 1 aliphatic heterocycles. The summed E-state index contributed by atoms with van der Waals surface area (Å²) in [5, 5.41) is 10.9. The van der Waals surface area contributed by atoms with E-state index in [0.29, 0.717) is 49.7 Å². The Morgan fingerprint density at radius 2 is 1.58 bits per heavy atom. The van der Waals surface area contributed by atoms with Crippen LogP contribution in [0.3, 0.4) is 0 Å². The molecular formula is C29H26N4O3. The molecule has 36 heavy (non-hydrogen) atoms. The van der Waals surface area contributed by atoms with E-state index in [1.165, 1.54) is 0 Å². The number of anilines is 1. The third kappa shape index (κ3) is 4.29. The summed E-state index contributed by atoms with van der Waals surface area (Å²) in [7, 11) is 1.59. The lowest BCUT2D eigenvalue weighted by atomic mass is 10.1. The van der Waals surface area contributed by atoms with E-state index in [2.05, 4.69) is 11.0 Å². The number of hydrogen-bond donors (Lipinski definition) is 0. The minimum absolute atomic E-state index is 0.0408. The molecule has 0 saturated carbocycles. The second-order valence-corrected chi connectivity index (χ2v) is 8.74. The number of para-hydroxylation sites is 1. The second-order valence-electron chi connectivity index (χ2n) is 8.74. The number of amides is 1. The molecule has 2 heterocycles. The van der Waals surface area contributed by atoms with Gasteiger partial charge in [-0.15, -0.1) is 0 Å². The van der Waals surface area contributed by atoms with Gasteiger partial charge in [0.2, 0.25) is 0 Å². The van der Waals surface area contributed by atoms with Gasteiger partial charge in [0.15, 0.2) is 0 Å². The van der Waals surface area contributed by atoms with Gasteiger partial charge in [0.05, 0.1) is 24.9 Å². The van der Waals surface area contributed by atoms with Gasteiger partial charge in [-0.05, 0) is 35.9 Å². The van der Waals surface area contributed by atoms with Crippen molar-refractivity contribution in [2.24, 2.45) is 0 Å². The van der Waals surface area contributed by atoms with Crippen LogP contribution in [0.5, 0.6) is 5.75 Å². The first kappa shape index (κ1) is 23.2. The predicted octanol–water partition coefficient (Wildman–Crippen LogP) is 3.89. The van der Waals surface area contributed by atoms with Crippen LogP contribution in [0.2, 0.25) is 0 Å². The van der Waals surface area contributed by atoms with Crippen molar-refractivity contribution in [1.29, 1.82) is 5.26 Å². The second kappa shape index (κ2) is 9.96. The van der Waals surface area contributed by atoms with Crippen LogP contribution >= 0.6 is 0 Å². The maximum Gasteiger partial charge on any atom is 0.271 e. The number of aromatic nitrogens is 1. The van der Waals surface area contributed by atoms with Gasteiger partial charge < -0.3 is 19.1 Å². The molecule has 1 aromatic heterocycles. The third-order valence-corrected chi connectivity index (χ3v) is 6.66. The molecule has 3 aromatic carbocycles. The molecule has 0 atom stereocenters. The number of benzene rings is 3. The number of nitriles is 1. The Morgan fingerprint density at radius 3 is 2.25 bits per heavy atom. The largest absolute Gasteiger partial charge is 0.497 e. The number of hydrogen-bond acceptors (Lipinski definition) is 5. The van der Waals surface area contributed by atoms with E-state index in [-0.39, 0.29) is 17.0 Å². The molecular weight excluding hydrogens is 452 g/mol. The van der Waals surface area contributed by atoms with E-state index >= 15 is 0 Å². The first-order valence-corrected chi connectivity index (χ1v) is 11.9. The Labute approximate surface area is 209 Å². The Morgan fingerprint density at radius 1 is 0.917 bits per heavy atom. The monoisotopic (exact) mass is 478 g/mol. The Hall–Kier alpha value is -4.57. The van der Waals surface area contributed by atoms with Crippen molar-refractivity contribution < 1.29 is 9.53 Å². The number of carbonyl (C=O) groups excluding carboxylic acids is 1. The van der Waals surface area contributed by atoms with Gasteiger partial charge in [0, 0.05) is 37.1 Å². The standard InChI is InChI=1S/C29H26N4O3/c1-36-23-13-11-22(12-14-23)28(34)32-17-15-31(16-18-32)27-24-9-5-6-10-26(24)33(29(35)25(27)19-30)20-21-7-3-2-4-8-21/h2-14H,15-18,20H2,1H3. The molecule has 0 radical (unpaired) electrons. The molecule has 0 spiro atoms. The fraction of sp³-hybridized carbons (Fsp3) is 0.207. The first-order chi connectivity index (χ1) is 17.6. The van der Waals surface area contributed by atoms with Crippen LogP contribution < -0.4 is 15.2 Å². The van der Waals surface area contributed by atoms with Crippen LogP contribution in [-0.2, 0) is 6.54 Å². The van der Waals surface area contributed by atoms with Crippen molar-refractivity contribution in [3.8, 4) is 11.8 Å². The normalized spacial score (nSPS) is 13.4. The summed E-state index contributed by atoms with van der Waals surface area (Å²) in [4.78, 5) is 30.4. The summed E-state index contributed by atoms with van der Waals surface area (Å²) >= 11 is 0. The van der Waals surface area contributed by atoms with Gasteiger partial charge in [0.25, 0.3) is 11.5 Å². The zero-order valence-electron chi connectivity index (χ0n) is 20.1. The Bertz CT molecular complexity index is 1500. The molecule has 1 saturated heterocycles. The van der Waals surface area contributed by atoms with Crippen molar-refractivity contribution in [3.63, 3.8) is 0 Å². The van der Waals surface area contributed by atoms with Gasteiger partial charge in [0.1, 0.15) is 17.4 Å². The highest BCUT2D eigenvalue weighted by atomic mass is 16.5. The summed E-state index contributed by atoms with van der Waals surface area (Å²) in [6.07, 6.45) is 0. The summed E-state index contributed by atoms with van der Waals surface area (Å²) < 4.78 is 6.86. The Balaban J connectivity index is 1.45. The lowest BCUT2D eigenvalue weighted by molar-refractivity contribution is 0.0747. The SMILES string of the molecule is COc1ccc(C(=O)N2CCN(c3c(C#N)c(=O)n(Cc4ccccc4)c4ccccc34)CC2)cc1. The van der Waals surface area contributed by atoms with Crippen molar-refractivity contribution in [2.75, 3.05) is 38.2 Å². The van der Waals surface area contributed by atoms with Crippen molar-refractivity contribution in [1.82, 2.24) is 9.47 Å². The number of carbonyl (C=O) groups is 1. The zero-order chi connectivity index (χ0) is 25.1. The fourth-order valence-corrected chi connectivity index (χ4v) is 4.79. The van der Waals surface area contributed by atoms with Gasteiger partial charge in [-0.3, -0.25) is 9.59 Å². The topological polar surface area (TPSA) is 78.6 Å². The zero-order valence-corrected chi connectivity index (χ0v) is 20.1. The van der Waals surface area contributed by atoms with Crippen LogP contribution in [0.15, 0.2) is 83.7 Å².